The molecule has 0 aliphatic heterocycles. The van der Waals surface area contributed by atoms with Crippen molar-refractivity contribution in [3.05, 3.63) is 107 Å². The summed E-state index contributed by atoms with van der Waals surface area (Å²) < 4.78 is 5.17. The molecule has 1 amide bonds. The Hall–Kier alpha value is -4.03. The monoisotopic (exact) mass is 444 g/mol. The van der Waals surface area contributed by atoms with Crippen LogP contribution in [0.2, 0.25) is 5.02 Å². The smallest absolute Gasteiger partial charge is 0.339 e. The maximum absolute atomic E-state index is 13.0. The van der Waals surface area contributed by atoms with Crippen LogP contribution in [-0.2, 0) is 4.74 Å². The van der Waals surface area contributed by atoms with E-state index in [9.17, 15) is 14.4 Å². The van der Waals surface area contributed by atoms with E-state index in [0.29, 0.717) is 16.3 Å². The Kier molecular flexibility index (Phi) is 6.24. The third kappa shape index (κ3) is 4.66. The zero-order chi connectivity index (χ0) is 22.5. The number of aromatic nitrogens is 1. The standard InChI is InChI=1S/C25H17ClN2O4/c26-17-12-10-16(11-13-17)23(29)15-32-25(31)19-6-2-1-5-18(19)24(30)28-22-9-3-8-21-20(22)7-4-14-27-21/h1-14H,15H2,(H,28,30). The molecule has 0 aliphatic rings. The van der Waals surface area contributed by atoms with Crippen LogP contribution < -0.4 is 5.32 Å². The summed E-state index contributed by atoms with van der Waals surface area (Å²) in [6, 6.07) is 21.6. The van der Waals surface area contributed by atoms with Crippen molar-refractivity contribution in [1.29, 1.82) is 0 Å². The summed E-state index contributed by atoms with van der Waals surface area (Å²) in [6.07, 6.45) is 1.67. The number of carbonyl (C=O) groups is 3. The SMILES string of the molecule is O=C(COC(=O)c1ccccc1C(=O)Nc1cccc2ncccc12)c1ccc(Cl)cc1. The number of nitrogens with zero attached hydrogens (tertiary/aromatic N) is 1. The van der Waals surface area contributed by atoms with Gasteiger partial charge in [0.2, 0.25) is 0 Å². The van der Waals surface area contributed by atoms with E-state index < -0.39 is 18.5 Å². The van der Waals surface area contributed by atoms with Crippen LogP contribution in [0.3, 0.4) is 0 Å². The molecule has 0 spiro atoms. The molecule has 0 bridgehead atoms. The predicted octanol–water partition coefficient (Wildman–Crippen LogP) is 5.18. The Morgan fingerprint density at radius 2 is 1.59 bits per heavy atom. The van der Waals surface area contributed by atoms with Gasteiger partial charge in [-0.2, -0.15) is 0 Å². The number of benzene rings is 3. The number of amides is 1. The second kappa shape index (κ2) is 9.41. The molecule has 1 heterocycles. The van der Waals surface area contributed by atoms with Crippen LogP contribution in [0, 0.1) is 0 Å². The summed E-state index contributed by atoms with van der Waals surface area (Å²) in [5.41, 5.74) is 1.88. The minimum Gasteiger partial charge on any atom is -0.454 e. The second-order valence-corrected chi connectivity index (χ2v) is 7.32. The van der Waals surface area contributed by atoms with Crippen molar-refractivity contribution >= 4 is 45.9 Å². The third-order valence-electron chi connectivity index (χ3n) is 4.79. The van der Waals surface area contributed by atoms with Crippen molar-refractivity contribution < 1.29 is 19.1 Å². The van der Waals surface area contributed by atoms with Gasteiger partial charge >= 0.3 is 5.97 Å². The van der Waals surface area contributed by atoms with E-state index in [2.05, 4.69) is 10.3 Å². The number of ether oxygens (including phenoxy) is 1. The first-order chi connectivity index (χ1) is 15.5. The van der Waals surface area contributed by atoms with Gasteiger partial charge in [-0.05, 0) is 60.7 Å². The Bertz CT molecular complexity index is 1310. The fourth-order valence-electron chi connectivity index (χ4n) is 3.19. The molecule has 32 heavy (non-hydrogen) atoms. The Balaban J connectivity index is 1.50. The van der Waals surface area contributed by atoms with Gasteiger partial charge in [0.25, 0.3) is 5.91 Å². The van der Waals surface area contributed by atoms with Crippen LogP contribution in [0.25, 0.3) is 10.9 Å². The van der Waals surface area contributed by atoms with Gasteiger partial charge in [-0.3, -0.25) is 14.6 Å². The van der Waals surface area contributed by atoms with Crippen molar-refractivity contribution in [1.82, 2.24) is 4.98 Å². The predicted molar refractivity (Wildman–Crippen MR) is 122 cm³/mol. The van der Waals surface area contributed by atoms with Crippen molar-refractivity contribution in [2.24, 2.45) is 0 Å². The first-order valence-corrected chi connectivity index (χ1v) is 10.1. The fraction of sp³-hybridized carbons (Fsp3) is 0.0400. The first-order valence-electron chi connectivity index (χ1n) is 9.73. The number of hydrogen-bond donors (Lipinski definition) is 1. The summed E-state index contributed by atoms with van der Waals surface area (Å²) in [4.78, 5) is 42.1. The summed E-state index contributed by atoms with van der Waals surface area (Å²) >= 11 is 5.82. The molecule has 0 atom stereocenters. The zero-order valence-electron chi connectivity index (χ0n) is 16.7. The molecule has 3 aromatic carbocycles. The Morgan fingerprint density at radius 3 is 2.38 bits per heavy atom. The van der Waals surface area contributed by atoms with E-state index in [1.54, 1.807) is 60.8 Å². The number of carbonyl (C=O) groups excluding carboxylic acids is 3. The summed E-state index contributed by atoms with van der Waals surface area (Å²) in [5.74, 6) is -1.62. The molecule has 1 aromatic heterocycles. The topological polar surface area (TPSA) is 85.4 Å². The maximum atomic E-state index is 13.0. The lowest BCUT2D eigenvalue weighted by Crippen LogP contribution is -2.20. The molecule has 0 saturated heterocycles. The van der Waals surface area contributed by atoms with Gasteiger partial charge in [-0.15, -0.1) is 0 Å². The number of rotatable bonds is 6. The van der Waals surface area contributed by atoms with E-state index in [1.165, 1.54) is 12.1 Å². The quantitative estimate of drug-likeness (QED) is 0.327. The number of esters is 1. The van der Waals surface area contributed by atoms with Crippen molar-refractivity contribution in [3.63, 3.8) is 0 Å². The molecule has 1 N–H and O–H groups in total. The van der Waals surface area contributed by atoms with E-state index in [-0.39, 0.29) is 16.9 Å². The van der Waals surface area contributed by atoms with Crippen molar-refractivity contribution in [3.8, 4) is 0 Å². The highest BCUT2D eigenvalue weighted by Crippen LogP contribution is 2.23. The van der Waals surface area contributed by atoms with Gasteiger partial charge < -0.3 is 10.1 Å². The number of fused-ring (bicyclic) bond motifs is 1. The molecule has 6 nitrogen and oxygen atoms in total. The molecular weight excluding hydrogens is 428 g/mol. The number of ketones is 1. The molecule has 0 fully saturated rings. The zero-order valence-corrected chi connectivity index (χ0v) is 17.5. The molecule has 0 radical (unpaired) electrons. The minimum atomic E-state index is -0.766. The van der Waals surface area contributed by atoms with Crippen LogP contribution in [-0.4, -0.2) is 29.3 Å². The Morgan fingerprint density at radius 1 is 0.844 bits per heavy atom. The van der Waals surface area contributed by atoms with Gasteiger partial charge in [0.1, 0.15) is 0 Å². The summed E-state index contributed by atoms with van der Waals surface area (Å²) in [5, 5.41) is 4.10. The van der Waals surface area contributed by atoms with Crippen molar-refractivity contribution in [2.45, 2.75) is 0 Å². The van der Waals surface area contributed by atoms with E-state index in [4.69, 9.17) is 16.3 Å². The number of anilines is 1. The minimum absolute atomic E-state index is 0.0623. The highest BCUT2D eigenvalue weighted by molar-refractivity contribution is 6.30. The fourth-order valence-corrected chi connectivity index (χ4v) is 3.32. The second-order valence-electron chi connectivity index (χ2n) is 6.88. The van der Waals surface area contributed by atoms with Gasteiger partial charge in [-0.1, -0.05) is 29.8 Å². The molecule has 4 aromatic rings. The van der Waals surface area contributed by atoms with E-state index >= 15 is 0 Å². The van der Waals surface area contributed by atoms with Crippen LogP contribution in [0.5, 0.6) is 0 Å². The number of nitrogens with one attached hydrogen (secondary N) is 1. The molecular formula is C25H17ClN2O4. The average Bonchev–Trinajstić information content (AvgIpc) is 2.83. The number of Topliss-reactive ketones (excluding diaryl/α,β-unsaturated/α-hetero) is 1. The molecule has 7 heteroatoms. The highest BCUT2D eigenvalue weighted by atomic mass is 35.5. The van der Waals surface area contributed by atoms with Crippen LogP contribution >= 0.6 is 11.6 Å². The number of hydrogen-bond acceptors (Lipinski definition) is 5. The third-order valence-corrected chi connectivity index (χ3v) is 5.04. The van der Waals surface area contributed by atoms with Crippen LogP contribution in [0.15, 0.2) is 85.1 Å². The van der Waals surface area contributed by atoms with E-state index in [1.807, 2.05) is 12.1 Å². The van der Waals surface area contributed by atoms with E-state index in [0.717, 1.165) is 10.9 Å². The van der Waals surface area contributed by atoms with Gasteiger partial charge in [0, 0.05) is 22.2 Å². The molecule has 158 valence electrons. The summed E-state index contributed by atoms with van der Waals surface area (Å²) in [7, 11) is 0. The van der Waals surface area contributed by atoms with Crippen molar-refractivity contribution in [2.75, 3.05) is 11.9 Å². The lowest BCUT2D eigenvalue weighted by molar-refractivity contribution is 0.0473. The number of halogens is 1. The van der Waals surface area contributed by atoms with Crippen LogP contribution in [0.1, 0.15) is 31.1 Å². The molecule has 0 aliphatic carbocycles. The van der Waals surface area contributed by atoms with Gasteiger partial charge in [-0.25, -0.2) is 4.79 Å². The van der Waals surface area contributed by atoms with Gasteiger partial charge in [0.15, 0.2) is 12.4 Å². The largest absolute Gasteiger partial charge is 0.454 e. The van der Waals surface area contributed by atoms with Crippen LogP contribution in [0.4, 0.5) is 5.69 Å². The summed E-state index contributed by atoms with van der Waals surface area (Å²) in [6.45, 7) is -0.453. The number of pyridine rings is 1. The highest BCUT2D eigenvalue weighted by Gasteiger charge is 2.20. The lowest BCUT2D eigenvalue weighted by Gasteiger charge is -2.11. The molecule has 4 rings (SSSR count). The average molecular weight is 445 g/mol. The maximum Gasteiger partial charge on any atom is 0.339 e. The normalized spacial score (nSPS) is 10.5. The first kappa shape index (κ1) is 21.2. The lowest BCUT2D eigenvalue weighted by atomic mass is 10.1. The molecule has 0 unspecified atom stereocenters. The van der Waals surface area contributed by atoms with Gasteiger partial charge in [0.05, 0.1) is 22.3 Å². The Labute approximate surface area is 188 Å². The molecule has 0 saturated carbocycles.